The van der Waals surface area contributed by atoms with E-state index in [9.17, 15) is 4.79 Å². The molecule has 1 heterocycles. The van der Waals surface area contributed by atoms with Crippen LogP contribution in [0.2, 0.25) is 0 Å². The summed E-state index contributed by atoms with van der Waals surface area (Å²) >= 11 is 1.71. The molecule has 88 valence electrons. The zero-order valence-electron chi connectivity index (χ0n) is 10.1. The molecule has 2 unspecified atom stereocenters. The van der Waals surface area contributed by atoms with Crippen LogP contribution in [0.4, 0.5) is 0 Å². The lowest BCUT2D eigenvalue weighted by Crippen LogP contribution is -2.17. The topological polar surface area (TPSA) is 26.3 Å². The highest BCUT2D eigenvalue weighted by Gasteiger charge is 2.29. The van der Waals surface area contributed by atoms with Crippen molar-refractivity contribution < 1.29 is 9.53 Å². The van der Waals surface area contributed by atoms with Gasteiger partial charge < -0.3 is 4.74 Å². The molecule has 0 amide bonds. The van der Waals surface area contributed by atoms with Gasteiger partial charge >= 0.3 is 5.97 Å². The number of hydrogen-bond acceptors (Lipinski definition) is 3. The van der Waals surface area contributed by atoms with Crippen LogP contribution in [-0.2, 0) is 11.2 Å². The molecule has 1 aliphatic rings. The standard InChI is InChI=1S/C13H18O2S/c1-4-15-13(14)10-7-16-11-6-5-8(2)9(3)12(10)11/h7-9H,4-6H2,1-3H3. The molecule has 1 aromatic rings. The first kappa shape index (κ1) is 11.6. The number of esters is 1. The highest BCUT2D eigenvalue weighted by atomic mass is 32.1. The summed E-state index contributed by atoms with van der Waals surface area (Å²) in [6, 6.07) is 0. The minimum absolute atomic E-state index is 0.152. The average molecular weight is 238 g/mol. The Morgan fingerprint density at radius 2 is 2.31 bits per heavy atom. The van der Waals surface area contributed by atoms with Crippen LogP contribution in [0.5, 0.6) is 0 Å². The van der Waals surface area contributed by atoms with Crippen molar-refractivity contribution >= 4 is 17.3 Å². The van der Waals surface area contributed by atoms with Crippen molar-refractivity contribution in [3.63, 3.8) is 0 Å². The van der Waals surface area contributed by atoms with E-state index in [0.29, 0.717) is 18.4 Å². The van der Waals surface area contributed by atoms with Crippen LogP contribution in [0.1, 0.15) is 53.9 Å². The van der Waals surface area contributed by atoms with Crippen molar-refractivity contribution in [2.45, 2.75) is 39.5 Å². The van der Waals surface area contributed by atoms with Crippen LogP contribution in [0.25, 0.3) is 0 Å². The fraction of sp³-hybridized carbons (Fsp3) is 0.615. The molecule has 0 bridgehead atoms. The van der Waals surface area contributed by atoms with Crippen LogP contribution in [0.3, 0.4) is 0 Å². The maximum atomic E-state index is 11.8. The molecular weight excluding hydrogens is 220 g/mol. The molecule has 0 fully saturated rings. The number of thiophene rings is 1. The molecule has 0 saturated heterocycles. The Labute approximate surface area is 101 Å². The van der Waals surface area contributed by atoms with E-state index in [0.717, 1.165) is 12.0 Å². The van der Waals surface area contributed by atoms with Crippen LogP contribution in [0.15, 0.2) is 5.38 Å². The first-order valence-electron chi connectivity index (χ1n) is 5.92. The van der Waals surface area contributed by atoms with Crippen LogP contribution < -0.4 is 0 Å². The van der Waals surface area contributed by atoms with Gasteiger partial charge in [0.15, 0.2) is 0 Å². The van der Waals surface area contributed by atoms with Crippen molar-refractivity contribution in [3.8, 4) is 0 Å². The van der Waals surface area contributed by atoms with Gasteiger partial charge in [0.2, 0.25) is 0 Å². The van der Waals surface area contributed by atoms with Crippen LogP contribution >= 0.6 is 11.3 Å². The Kier molecular flexibility index (Phi) is 3.33. The minimum atomic E-state index is -0.152. The number of rotatable bonds is 2. The number of carbonyl (C=O) groups is 1. The molecule has 2 rings (SSSR count). The minimum Gasteiger partial charge on any atom is -0.462 e. The third kappa shape index (κ3) is 1.88. The summed E-state index contributed by atoms with van der Waals surface area (Å²) in [6.45, 7) is 6.79. The van der Waals surface area contributed by atoms with Crippen molar-refractivity contribution in [1.29, 1.82) is 0 Å². The highest BCUT2D eigenvalue weighted by Crippen LogP contribution is 2.41. The monoisotopic (exact) mass is 238 g/mol. The molecule has 0 aliphatic heterocycles. The molecular formula is C13H18O2S. The van der Waals surface area contributed by atoms with Gasteiger partial charge in [-0.15, -0.1) is 11.3 Å². The van der Waals surface area contributed by atoms with Crippen LogP contribution in [0, 0.1) is 5.92 Å². The Bertz CT molecular complexity index is 395. The molecule has 16 heavy (non-hydrogen) atoms. The Balaban J connectivity index is 2.35. The average Bonchev–Trinajstić information content (AvgIpc) is 2.68. The SMILES string of the molecule is CCOC(=O)c1csc2c1C(C)C(C)CC2. The molecule has 0 saturated carbocycles. The summed E-state index contributed by atoms with van der Waals surface area (Å²) < 4.78 is 5.10. The maximum Gasteiger partial charge on any atom is 0.339 e. The van der Waals surface area contributed by atoms with Gasteiger partial charge in [-0.05, 0) is 37.2 Å². The molecule has 0 radical (unpaired) electrons. The maximum absolute atomic E-state index is 11.8. The highest BCUT2D eigenvalue weighted by molar-refractivity contribution is 7.10. The van der Waals surface area contributed by atoms with E-state index < -0.39 is 0 Å². The number of ether oxygens (including phenoxy) is 1. The third-order valence-corrected chi connectivity index (χ3v) is 4.60. The summed E-state index contributed by atoms with van der Waals surface area (Å²) in [5.41, 5.74) is 2.06. The second kappa shape index (κ2) is 4.58. The van der Waals surface area contributed by atoms with Gasteiger partial charge in [0.25, 0.3) is 0 Å². The predicted octanol–water partition coefficient (Wildman–Crippen LogP) is 3.61. The molecule has 0 spiro atoms. The van der Waals surface area contributed by atoms with E-state index in [1.165, 1.54) is 16.9 Å². The number of hydrogen-bond donors (Lipinski definition) is 0. The first-order valence-corrected chi connectivity index (χ1v) is 6.80. The molecule has 3 heteroatoms. The molecule has 2 nitrogen and oxygen atoms in total. The van der Waals surface area contributed by atoms with Crippen molar-refractivity contribution in [2.24, 2.45) is 5.92 Å². The van der Waals surface area contributed by atoms with E-state index in [4.69, 9.17) is 4.74 Å². The molecule has 0 N–H and O–H groups in total. The largest absolute Gasteiger partial charge is 0.462 e. The lowest BCUT2D eigenvalue weighted by Gasteiger charge is -2.26. The zero-order chi connectivity index (χ0) is 11.7. The Hall–Kier alpha value is -0.830. The molecule has 1 aromatic heterocycles. The zero-order valence-corrected chi connectivity index (χ0v) is 10.9. The number of aryl methyl sites for hydroxylation is 1. The fourth-order valence-corrected chi connectivity index (χ4v) is 3.50. The quantitative estimate of drug-likeness (QED) is 0.736. The second-order valence-corrected chi connectivity index (χ2v) is 5.48. The van der Waals surface area contributed by atoms with Gasteiger partial charge in [-0.25, -0.2) is 4.79 Å². The van der Waals surface area contributed by atoms with Gasteiger partial charge in [-0.2, -0.15) is 0 Å². The van der Waals surface area contributed by atoms with Gasteiger partial charge in [-0.1, -0.05) is 13.8 Å². The fourth-order valence-electron chi connectivity index (χ4n) is 2.36. The van der Waals surface area contributed by atoms with E-state index >= 15 is 0 Å². The first-order chi connectivity index (χ1) is 7.65. The van der Waals surface area contributed by atoms with Gasteiger partial charge in [-0.3, -0.25) is 0 Å². The summed E-state index contributed by atoms with van der Waals surface area (Å²) in [5.74, 6) is 0.991. The Morgan fingerprint density at radius 3 is 3.00 bits per heavy atom. The van der Waals surface area contributed by atoms with E-state index in [2.05, 4.69) is 13.8 Å². The van der Waals surface area contributed by atoms with Crippen molar-refractivity contribution in [1.82, 2.24) is 0 Å². The van der Waals surface area contributed by atoms with Gasteiger partial charge in [0, 0.05) is 10.3 Å². The summed E-state index contributed by atoms with van der Waals surface area (Å²) in [5, 5.41) is 1.97. The van der Waals surface area contributed by atoms with Crippen LogP contribution in [-0.4, -0.2) is 12.6 Å². The third-order valence-electron chi connectivity index (χ3n) is 3.54. The van der Waals surface area contributed by atoms with Gasteiger partial charge in [0.1, 0.15) is 0 Å². The summed E-state index contributed by atoms with van der Waals surface area (Å²) in [7, 11) is 0. The van der Waals surface area contributed by atoms with E-state index in [1.54, 1.807) is 11.3 Å². The van der Waals surface area contributed by atoms with Crippen molar-refractivity contribution in [3.05, 3.63) is 21.4 Å². The lowest BCUT2D eigenvalue weighted by molar-refractivity contribution is 0.0524. The smallest absolute Gasteiger partial charge is 0.339 e. The van der Waals surface area contributed by atoms with E-state index in [-0.39, 0.29) is 5.97 Å². The second-order valence-electron chi connectivity index (χ2n) is 4.51. The number of fused-ring (bicyclic) bond motifs is 1. The lowest BCUT2D eigenvalue weighted by atomic mass is 9.79. The number of carbonyl (C=O) groups excluding carboxylic acids is 1. The van der Waals surface area contributed by atoms with E-state index in [1.807, 2.05) is 12.3 Å². The normalized spacial score (nSPS) is 23.9. The molecule has 1 aliphatic carbocycles. The summed E-state index contributed by atoms with van der Waals surface area (Å²) in [6.07, 6.45) is 2.35. The Morgan fingerprint density at radius 1 is 1.56 bits per heavy atom. The summed E-state index contributed by atoms with van der Waals surface area (Å²) in [4.78, 5) is 13.2. The predicted molar refractivity (Wildman–Crippen MR) is 66.2 cm³/mol. The van der Waals surface area contributed by atoms with Crippen molar-refractivity contribution in [2.75, 3.05) is 6.61 Å². The van der Waals surface area contributed by atoms with Gasteiger partial charge in [0.05, 0.1) is 12.2 Å². The molecule has 2 atom stereocenters. The molecule has 0 aromatic carbocycles.